The first-order valence-electron chi connectivity index (χ1n) is 5.92. The molecule has 16 heavy (non-hydrogen) atoms. The molecule has 0 radical (unpaired) electrons. The van der Waals surface area contributed by atoms with E-state index in [4.69, 9.17) is 0 Å². The third kappa shape index (κ3) is 1.90. The second-order valence-electron chi connectivity index (χ2n) is 4.78. The van der Waals surface area contributed by atoms with Crippen molar-refractivity contribution in [2.75, 3.05) is 0 Å². The first kappa shape index (κ1) is 10.4. The maximum Gasteiger partial charge on any atom is 0.268 e. The highest BCUT2D eigenvalue weighted by atomic mass is 79.9. The van der Waals surface area contributed by atoms with Crippen LogP contribution in [0.15, 0.2) is 16.7 Å². The average molecular weight is 283 g/mol. The van der Waals surface area contributed by atoms with Gasteiger partial charge in [-0.15, -0.1) is 0 Å². The minimum absolute atomic E-state index is 0.0855. The highest BCUT2D eigenvalue weighted by Gasteiger charge is 2.29. The van der Waals surface area contributed by atoms with Crippen LogP contribution in [0.25, 0.3) is 0 Å². The van der Waals surface area contributed by atoms with Gasteiger partial charge >= 0.3 is 0 Å². The van der Waals surface area contributed by atoms with Crippen molar-refractivity contribution >= 4 is 21.8 Å². The monoisotopic (exact) mass is 282 g/mol. The molecule has 3 rings (SSSR count). The molecule has 0 unspecified atom stereocenters. The van der Waals surface area contributed by atoms with Crippen LogP contribution in [-0.4, -0.2) is 16.5 Å². The molecule has 1 heterocycles. The van der Waals surface area contributed by atoms with E-state index in [0.29, 0.717) is 12.1 Å². The molecule has 0 aliphatic heterocycles. The molecular weight excluding hydrogens is 268 g/mol. The Labute approximate surface area is 103 Å². The summed E-state index contributed by atoms with van der Waals surface area (Å²) in [6.45, 7) is 0. The Kier molecular flexibility index (Phi) is 2.54. The van der Waals surface area contributed by atoms with Gasteiger partial charge in [-0.2, -0.15) is 0 Å². The zero-order valence-electron chi connectivity index (χ0n) is 9.08. The van der Waals surface area contributed by atoms with E-state index in [0.717, 1.165) is 23.0 Å². The summed E-state index contributed by atoms with van der Waals surface area (Å²) in [5.74, 6) is 0.0855. The number of halogens is 1. The summed E-state index contributed by atoms with van der Waals surface area (Å²) in [5, 5.41) is 3.09. The normalized spacial score (nSPS) is 20.6. The van der Waals surface area contributed by atoms with Crippen LogP contribution in [-0.2, 0) is 0 Å². The van der Waals surface area contributed by atoms with Gasteiger partial charge < -0.3 is 9.88 Å². The largest absolute Gasteiger partial charge is 0.348 e. The van der Waals surface area contributed by atoms with Crippen LogP contribution in [0.5, 0.6) is 0 Å². The summed E-state index contributed by atoms with van der Waals surface area (Å²) in [7, 11) is 0. The minimum Gasteiger partial charge on any atom is -0.348 e. The van der Waals surface area contributed by atoms with Crippen molar-refractivity contribution in [1.29, 1.82) is 0 Å². The van der Waals surface area contributed by atoms with Crippen LogP contribution in [0.3, 0.4) is 0 Å². The van der Waals surface area contributed by atoms with Gasteiger partial charge in [-0.1, -0.05) is 0 Å². The van der Waals surface area contributed by atoms with Gasteiger partial charge in [0.1, 0.15) is 5.69 Å². The van der Waals surface area contributed by atoms with Gasteiger partial charge in [0.25, 0.3) is 5.91 Å². The van der Waals surface area contributed by atoms with Gasteiger partial charge in [0.15, 0.2) is 0 Å². The van der Waals surface area contributed by atoms with E-state index in [1.165, 1.54) is 19.3 Å². The Morgan fingerprint density at radius 3 is 2.69 bits per heavy atom. The van der Waals surface area contributed by atoms with Crippen molar-refractivity contribution in [1.82, 2.24) is 9.88 Å². The Morgan fingerprint density at radius 2 is 2.12 bits per heavy atom. The highest BCUT2D eigenvalue weighted by molar-refractivity contribution is 9.10. The topological polar surface area (TPSA) is 34.0 Å². The number of nitrogens with zero attached hydrogens (tertiary/aromatic N) is 1. The third-order valence-corrected chi connectivity index (χ3v) is 3.86. The third-order valence-electron chi connectivity index (χ3n) is 3.43. The van der Waals surface area contributed by atoms with Gasteiger partial charge in [0.05, 0.1) is 0 Å². The molecule has 2 saturated carbocycles. The molecule has 2 aliphatic carbocycles. The first-order valence-corrected chi connectivity index (χ1v) is 6.71. The fraction of sp³-hybridized carbons (Fsp3) is 0.583. The summed E-state index contributed by atoms with van der Waals surface area (Å²) in [6, 6.07) is 2.88. The fourth-order valence-corrected chi connectivity index (χ4v) is 2.53. The molecule has 1 aromatic heterocycles. The predicted molar refractivity (Wildman–Crippen MR) is 65.5 cm³/mol. The van der Waals surface area contributed by atoms with E-state index in [2.05, 4.69) is 25.8 Å². The zero-order valence-corrected chi connectivity index (χ0v) is 10.7. The summed E-state index contributed by atoms with van der Waals surface area (Å²) in [4.78, 5) is 12.1. The quantitative estimate of drug-likeness (QED) is 0.909. The van der Waals surface area contributed by atoms with E-state index < -0.39 is 0 Å². The SMILES string of the molecule is O=C(NC1CCC1)c1cc(Br)cn1C1CC1. The maximum absolute atomic E-state index is 12.1. The number of hydrogen-bond donors (Lipinski definition) is 1. The zero-order chi connectivity index (χ0) is 11.1. The van der Waals surface area contributed by atoms with Gasteiger partial charge in [0, 0.05) is 22.8 Å². The number of carbonyl (C=O) groups excluding carboxylic acids is 1. The highest BCUT2D eigenvalue weighted by Crippen LogP contribution is 2.37. The van der Waals surface area contributed by atoms with Gasteiger partial charge in [0.2, 0.25) is 0 Å². The van der Waals surface area contributed by atoms with Crippen LogP contribution in [0.4, 0.5) is 0 Å². The maximum atomic E-state index is 12.1. The number of hydrogen-bond acceptors (Lipinski definition) is 1. The van der Waals surface area contributed by atoms with Gasteiger partial charge in [-0.25, -0.2) is 0 Å². The second-order valence-corrected chi connectivity index (χ2v) is 5.70. The van der Waals surface area contributed by atoms with Crippen LogP contribution < -0.4 is 5.32 Å². The molecular formula is C12H15BrN2O. The number of amides is 1. The summed E-state index contributed by atoms with van der Waals surface area (Å²) >= 11 is 3.44. The van der Waals surface area contributed by atoms with E-state index in [9.17, 15) is 4.79 Å². The Bertz CT molecular complexity index is 419. The molecule has 3 nitrogen and oxygen atoms in total. The summed E-state index contributed by atoms with van der Waals surface area (Å²) in [6.07, 6.45) is 7.94. The molecule has 1 amide bonds. The molecule has 2 fully saturated rings. The van der Waals surface area contributed by atoms with Crippen molar-refractivity contribution in [3.63, 3.8) is 0 Å². The van der Waals surface area contributed by atoms with Crippen molar-refractivity contribution in [3.8, 4) is 0 Å². The van der Waals surface area contributed by atoms with Crippen LogP contribution in [0.1, 0.15) is 48.6 Å². The lowest BCUT2D eigenvalue weighted by Gasteiger charge is -2.26. The summed E-state index contributed by atoms with van der Waals surface area (Å²) in [5.41, 5.74) is 0.807. The molecule has 2 aliphatic rings. The van der Waals surface area contributed by atoms with E-state index in [1.807, 2.05) is 12.3 Å². The Morgan fingerprint density at radius 1 is 1.38 bits per heavy atom. The van der Waals surface area contributed by atoms with Crippen molar-refractivity contribution < 1.29 is 4.79 Å². The molecule has 0 spiro atoms. The minimum atomic E-state index is 0.0855. The van der Waals surface area contributed by atoms with Crippen molar-refractivity contribution in [2.24, 2.45) is 0 Å². The van der Waals surface area contributed by atoms with E-state index in [-0.39, 0.29) is 5.91 Å². The van der Waals surface area contributed by atoms with Crippen LogP contribution in [0, 0.1) is 0 Å². The number of rotatable bonds is 3. The smallest absolute Gasteiger partial charge is 0.268 e. The van der Waals surface area contributed by atoms with Gasteiger partial charge in [-0.3, -0.25) is 4.79 Å². The number of aromatic nitrogens is 1. The standard InChI is InChI=1S/C12H15BrN2O/c13-8-6-11(15(7-8)10-4-5-10)12(16)14-9-2-1-3-9/h6-7,9-10H,1-5H2,(H,14,16). The second kappa shape index (κ2) is 3.91. The van der Waals surface area contributed by atoms with E-state index >= 15 is 0 Å². The fourth-order valence-electron chi connectivity index (χ4n) is 2.09. The van der Waals surface area contributed by atoms with Crippen molar-refractivity contribution in [3.05, 3.63) is 22.4 Å². The lowest BCUT2D eigenvalue weighted by molar-refractivity contribution is 0.0907. The summed E-state index contributed by atoms with van der Waals surface area (Å²) < 4.78 is 3.11. The molecule has 0 aromatic carbocycles. The number of nitrogens with one attached hydrogen (secondary N) is 1. The lowest BCUT2D eigenvalue weighted by Crippen LogP contribution is -2.40. The molecule has 1 aromatic rings. The van der Waals surface area contributed by atoms with Gasteiger partial charge in [-0.05, 0) is 54.1 Å². The van der Waals surface area contributed by atoms with Crippen LogP contribution in [0.2, 0.25) is 0 Å². The average Bonchev–Trinajstić information content (AvgIpc) is 2.96. The Hall–Kier alpha value is -0.770. The lowest BCUT2D eigenvalue weighted by atomic mass is 9.93. The molecule has 0 atom stereocenters. The molecule has 0 saturated heterocycles. The Balaban J connectivity index is 1.78. The molecule has 86 valence electrons. The number of carbonyl (C=O) groups is 1. The molecule has 4 heteroatoms. The predicted octanol–water partition coefficient (Wildman–Crippen LogP) is 2.87. The van der Waals surface area contributed by atoms with Crippen molar-refractivity contribution in [2.45, 2.75) is 44.2 Å². The molecule has 0 bridgehead atoms. The van der Waals surface area contributed by atoms with Crippen LogP contribution >= 0.6 is 15.9 Å². The van der Waals surface area contributed by atoms with E-state index in [1.54, 1.807) is 0 Å². The first-order chi connectivity index (χ1) is 7.74. The molecule has 1 N–H and O–H groups in total.